The smallest absolute Gasteiger partial charge is 0.273 e. The van der Waals surface area contributed by atoms with Gasteiger partial charge in [-0.05, 0) is 58.4 Å². The second-order valence-corrected chi connectivity index (χ2v) is 11.4. The molecule has 39 heavy (non-hydrogen) atoms. The Balaban J connectivity index is 1.45. The van der Waals surface area contributed by atoms with Gasteiger partial charge in [0.2, 0.25) is 0 Å². The van der Waals surface area contributed by atoms with E-state index in [-0.39, 0.29) is 36.1 Å². The van der Waals surface area contributed by atoms with Crippen LogP contribution in [0.1, 0.15) is 90.1 Å². The zero-order valence-corrected chi connectivity index (χ0v) is 23.1. The summed E-state index contributed by atoms with van der Waals surface area (Å²) in [5, 5.41) is 14.3. The SMILES string of the molecule is C[C@@H]1Cc2nn3c(c2CN1C(=O)c1cc(F)c(Cl)c(F)c1)C(=O)N([C@@H](C)c1ccc(C(C)(C)O)nc1)C[C@H]3C. The molecule has 0 bridgehead atoms. The monoisotopic (exact) mass is 557 g/mol. The molecule has 11 heteroatoms. The van der Waals surface area contributed by atoms with E-state index >= 15 is 0 Å². The first-order chi connectivity index (χ1) is 18.3. The van der Waals surface area contributed by atoms with E-state index in [2.05, 4.69) is 4.98 Å². The van der Waals surface area contributed by atoms with Gasteiger partial charge in [0.1, 0.15) is 28.0 Å². The Morgan fingerprint density at radius 1 is 1.18 bits per heavy atom. The van der Waals surface area contributed by atoms with Gasteiger partial charge in [0, 0.05) is 36.3 Å². The zero-order chi connectivity index (χ0) is 28.4. The number of benzene rings is 1. The molecule has 0 radical (unpaired) electrons. The third-order valence-corrected chi connectivity index (χ3v) is 8.00. The van der Waals surface area contributed by atoms with Crippen LogP contribution in [0.2, 0.25) is 5.02 Å². The van der Waals surface area contributed by atoms with Crippen LogP contribution < -0.4 is 0 Å². The summed E-state index contributed by atoms with van der Waals surface area (Å²) in [5.41, 5.74) is 1.91. The van der Waals surface area contributed by atoms with Crippen molar-refractivity contribution in [1.29, 1.82) is 0 Å². The van der Waals surface area contributed by atoms with E-state index in [1.165, 1.54) is 4.90 Å². The van der Waals surface area contributed by atoms with Crippen LogP contribution >= 0.6 is 11.6 Å². The Morgan fingerprint density at radius 2 is 1.85 bits per heavy atom. The Hall–Kier alpha value is -3.37. The van der Waals surface area contributed by atoms with E-state index in [0.29, 0.717) is 29.9 Å². The molecule has 1 N–H and O–H groups in total. The normalized spacial score (nSPS) is 20.1. The van der Waals surface area contributed by atoms with Crippen LogP contribution in [0.5, 0.6) is 0 Å². The second kappa shape index (κ2) is 9.67. The van der Waals surface area contributed by atoms with Crippen molar-refractivity contribution in [2.75, 3.05) is 6.54 Å². The number of hydrogen-bond donors (Lipinski definition) is 1. The fourth-order valence-corrected chi connectivity index (χ4v) is 5.44. The zero-order valence-electron chi connectivity index (χ0n) is 22.4. The lowest BCUT2D eigenvalue weighted by Gasteiger charge is -2.37. The molecule has 1 aromatic carbocycles. The lowest BCUT2D eigenvalue weighted by molar-refractivity contribution is 0.0572. The van der Waals surface area contributed by atoms with Gasteiger partial charge in [-0.15, -0.1) is 0 Å². The predicted molar refractivity (Wildman–Crippen MR) is 140 cm³/mol. The van der Waals surface area contributed by atoms with Crippen LogP contribution in [0.15, 0.2) is 30.5 Å². The molecule has 0 unspecified atom stereocenters. The standard InChI is InChI=1S/C28H30ClF2N5O3/c1-14-8-22-19(13-34(14)26(37)18-9-20(30)24(29)21(31)10-18)25-27(38)35(12-15(2)36(25)33-22)16(3)17-6-7-23(32-11-17)28(4,5)39/h6-7,9-11,14-16,39H,8,12-13H2,1-5H3/t14-,15-,16+/m1/s1. The van der Waals surface area contributed by atoms with Crippen molar-refractivity contribution in [3.63, 3.8) is 0 Å². The highest BCUT2D eigenvalue weighted by Gasteiger charge is 2.40. The van der Waals surface area contributed by atoms with Crippen molar-refractivity contribution in [3.8, 4) is 0 Å². The Bertz CT molecular complexity index is 1440. The number of nitrogens with zero attached hydrogens (tertiary/aromatic N) is 5. The summed E-state index contributed by atoms with van der Waals surface area (Å²) >= 11 is 5.60. The molecule has 0 saturated carbocycles. The average molecular weight is 558 g/mol. The van der Waals surface area contributed by atoms with E-state index in [4.69, 9.17) is 16.7 Å². The molecule has 0 aliphatic carbocycles. The van der Waals surface area contributed by atoms with Crippen molar-refractivity contribution in [3.05, 3.63) is 80.9 Å². The highest BCUT2D eigenvalue weighted by molar-refractivity contribution is 6.31. The summed E-state index contributed by atoms with van der Waals surface area (Å²) in [6, 6.07) is 4.75. The maximum Gasteiger partial charge on any atom is 0.273 e. The van der Waals surface area contributed by atoms with Gasteiger partial charge in [-0.3, -0.25) is 19.3 Å². The highest BCUT2D eigenvalue weighted by atomic mass is 35.5. The van der Waals surface area contributed by atoms with Crippen molar-refractivity contribution in [1.82, 2.24) is 24.6 Å². The summed E-state index contributed by atoms with van der Waals surface area (Å²) in [6.45, 7) is 9.58. The first kappa shape index (κ1) is 27.2. The maximum atomic E-state index is 14.1. The first-order valence-corrected chi connectivity index (χ1v) is 13.2. The van der Waals surface area contributed by atoms with Gasteiger partial charge in [0.15, 0.2) is 0 Å². The van der Waals surface area contributed by atoms with Crippen LogP contribution in [0.4, 0.5) is 8.78 Å². The van der Waals surface area contributed by atoms with Crippen LogP contribution in [0, 0.1) is 11.6 Å². The van der Waals surface area contributed by atoms with Gasteiger partial charge < -0.3 is 14.9 Å². The largest absolute Gasteiger partial charge is 0.384 e. The topological polar surface area (TPSA) is 91.6 Å². The quantitative estimate of drug-likeness (QED) is 0.465. The predicted octanol–water partition coefficient (Wildman–Crippen LogP) is 4.80. The number of fused-ring (bicyclic) bond motifs is 3. The molecule has 0 saturated heterocycles. The average Bonchev–Trinajstić information content (AvgIpc) is 3.26. The van der Waals surface area contributed by atoms with E-state index < -0.39 is 28.2 Å². The van der Waals surface area contributed by atoms with Gasteiger partial charge in [-0.1, -0.05) is 17.7 Å². The molecule has 8 nitrogen and oxygen atoms in total. The third kappa shape index (κ3) is 4.69. The van der Waals surface area contributed by atoms with Crippen LogP contribution in [-0.4, -0.2) is 54.1 Å². The molecule has 3 aromatic rings. The number of rotatable bonds is 4. The van der Waals surface area contributed by atoms with Crippen molar-refractivity contribution in [2.24, 2.45) is 0 Å². The maximum absolute atomic E-state index is 14.1. The Morgan fingerprint density at radius 3 is 2.44 bits per heavy atom. The van der Waals surface area contributed by atoms with E-state index in [9.17, 15) is 23.5 Å². The number of hydrogen-bond acceptors (Lipinski definition) is 5. The molecule has 0 fully saturated rings. The Kier molecular flexibility index (Phi) is 6.75. The van der Waals surface area contributed by atoms with Gasteiger partial charge in [0.05, 0.1) is 30.0 Å². The number of aromatic nitrogens is 3. The molecule has 4 heterocycles. The van der Waals surface area contributed by atoms with Crippen molar-refractivity contribution < 1.29 is 23.5 Å². The minimum absolute atomic E-state index is 0.0824. The summed E-state index contributed by atoms with van der Waals surface area (Å²) in [7, 11) is 0. The van der Waals surface area contributed by atoms with Crippen molar-refractivity contribution >= 4 is 23.4 Å². The number of pyridine rings is 1. The Labute approximate surface area is 230 Å². The third-order valence-electron chi connectivity index (χ3n) is 7.64. The molecular weight excluding hydrogens is 528 g/mol. The minimum atomic E-state index is -1.08. The fourth-order valence-electron chi connectivity index (χ4n) is 5.33. The molecular formula is C28H30ClF2N5O3. The molecule has 2 aliphatic heterocycles. The molecule has 3 atom stereocenters. The number of halogens is 3. The van der Waals surface area contributed by atoms with Crippen LogP contribution in [0.25, 0.3) is 0 Å². The molecule has 5 rings (SSSR count). The van der Waals surface area contributed by atoms with Crippen molar-refractivity contribution in [2.45, 2.75) is 71.3 Å². The van der Waals surface area contributed by atoms with Gasteiger partial charge in [-0.2, -0.15) is 5.10 Å². The molecule has 206 valence electrons. The van der Waals surface area contributed by atoms with E-state index in [0.717, 1.165) is 23.4 Å². The number of aliphatic hydroxyl groups is 1. The first-order valence-electron chi connectivity index (χ1n) is 12.8. The lowest BCUT2D eigenvalue weighted by Crippen LogP contribution is -2.45. The number of carbonyl (C=O) groups excluding carboxylic acids is 2. The highest BCUT2D eigenvalue weighted by Crippen LogP contribution is 2.35. The summed E-state index contributed by atoms with van der Waals surface area (Å²) in [6.07, 6.45) is 2.07. The molecule has 2 amide bonds. The molecule has 0 spiro atoms. The summed E-state index contributed by atoms with van der Waals surface area (Å²) in [4.78, 5) is 34.9. The van der Waals surface area contributed by atoms with Gasteiger partial charge in [-0.25, -0.2) is 8.78 Å². The van der Waals surface area contributed by atoms with E-state index in [1.807, 2.05) is 26.8 Å². The molecule has 2 aromatic heterocycles. The lowest BCUT2D eigenvalue weighted by atomic mass is 9.96. The van der Waals surface area contributed by atoms with Gasteiger partial charge in [0.25, 0.3) is 11.8 Å². The summed E-state index contributed by atoms with van der Waals surface area (Å²) in [5.74, 6) is -2.78. The fraction of sp³-hybridized carbons (Fsp3) is 0.429. The van der Waals surface area contributed by atoms with E-state index in [1.54, 1.807) is 35.7 Å². The van der Waals surface area contributed by atoms with Crippen LogP contribution in [-0.2, 0) is 18.6 Å². The summed E-state index contributed by atoms with van der Waals surface area (Å²) < 4.78 is 29.9. The minimum Gasteiger partial charge on any atom is -0.384 e. The number of carbonyl (C=O) groups is 2. The number of amides is 2. The van der Waals surface area contributed by atoms with Gasteiger partial charge >= 0.3 is 0 Å². The second-order valence-electron chi connectivity index (χ2n) is 11.0. The molecule has 2 aliphatic rings. The van der Waals surface area contributed by atoms with Crippen LogP contribution in [0.3, 0.4) is 0 Å².